The minimum atomic E-state index is -1.30. The Kier molecular flexibility index (Phi) is 8.21. The molecule has 3 aromatic carbocycles. The van der Waals surface area contributed by atoms with Crippen molar-refractivity contribution in [2.45, 2.75) is 77.8 Å². The number of benzene rings is 3. The monoisotopic (exact) mass is 678 g/mol. The second-order valence-electron chi connectivity index (χ2n) is 14.2. The van der Waals surface area contributed by atoms with Crippen LogP contribution in [0, 0.1) is 25.7 Å². The largest absolute Gasteiger partial charge is 0.469 e. The predicted octanol–water partition coefficient (Wildman–Crippen LogP) is 5.09. The number of aromatic nitrogens is 1. The number of ether oxygens (including phenoxy) is 2. The highest BCUT2D eigenvalue weighted by Gasteiger charge is 2.62. The molecule has 11 nitrogen and oxygen atoms in total. The zero-order valence-electron chi connectivity index (χ0n) is 29.2. The molecule has 2 amide bonds. The Morgan fingerprint density at radius 3 is 2.42 bits per heavy atom. The van der Waals surface area contributed by atoms with Crippen LogP contribution in [0.5, 0.6) is 5.75 Å². The molecule has 0 saturated heterocycles. The third-order valence-corrected chi connectivity index (χ3v) is 10.2. The number of hydrogen-bond donors (Lipinski definition) is 4. The van der Waals surface area contributed by atoms with Crippen molar-refractivity contribution < 1.29 is 33.4 Å². The van der Waals surface area contributed by atoms with Gasteiger partial charge in [-0.3, -0.25) is 9.59 Å². The van der Waals surface area contributed by atoms with Gasteiger partial charge >= 0.3 is 5.97 Å². The molecule has 50 heavy (non-hydrogen) atoms. The number of carbonyl (C=O) groups excluding carboxylic acids is 3. The summed E-state index contributed by atoms with van der Waals surface area (Å²) in [7, 11) is 1.29. The van der Waals surface area contributed by atoms with Gasteiger partial charge in [0.15, 0.2) is 17.7 Å². The Morgan fingerprint density at radius 2 is 1.74 bits per heavy atom. The summed E-state index contributed by atoms with van der Waals surface area (Å²) in [6.45, 7) is 11.4. The maximum atomic E-state index is 14.0. The molecule has 0 fully saturated rings. The molecule has 1 unspecified atom stereocenters. The Labute approximate surface area is 290 Å². The molecule has 4 heterocycles. The molecular formula is C39H42N4O7. The summed E-state index contributed by atoms with van der Waals surface area (Å²) in [5.74, 6) is -1.47. The minimum Gasteiger partial charge on any atom is -0.469 e. The van der Waals surface area contributed by atoms with E-state index in [2.05, 4.69) is 48.0 Å². The van der Waals surface area contributed by atoms with Gasteiger partial charge in [-0.25, -0.2) is 9.78 Å². The number of rotatable bonds is 6. The van der Waals surface area contributed by atoms with E-state index in [1.54, 1.807) is 13.8 Å². The first kappa shape index (κ1) is 33.3. The zero-order chi connectivity index (χ0) is 35.6. The van der Waals surface area contributed by atoms with Crippen molar-refractivity contribution in [3.8, 4) is 16.9 Å². The number of amides is 2. The number of para-hydroxylation sites is 1. The highest BCUT2D eigenvalue weighted by molar-refractivity contribution is 5.93. The first-order chi connectivity index (χ1) is 23.9. The summed E-state index contributed by atoms with van der Waals surface area (Å²) in [6, 6.07) is 16.1. The van der Waals surface area contributed by atoms with Crippen molar-refractivity contribution in [2.24, 2.45) is 11.8 Å². The van der Waals surface area contributed by atoms with E-state index in [-0.39, 0.29) is 35.6 Å². The van der Waals surface area contributed by atoms with Crippen LogP contribution >= 0.6 is 0 Å². The highest BCUT2D eigenvalue weighted by Crippen LogP contribution is 2.60. The average Bonchev–Trinajstić information content (AvgIpc) is 3.75. The number of oxazole rings is 1. The zero-order valence-corrected chi connectivity index (χ0v) is 29.2. The lowest BCUT2D eigenvalue weighted by molar-refractivity contribution is -0.135. The molecule has 0 radical (unpaired) electrons. The fourth-order valence-electron chi connectivity index (χ4n) is 7.62. The Bertz CT molecular complexity index is 2010. The molecular weight excluding hydrogens is 636 g/mol. The molecule has 1 spiro atoms. The lowest BCUT2D eigenvalue weighted by Crippen LogP contribution is -2.52. The number of nitrogens with one attached hydrogen (secondary N) is 3. The van der Waals surface area contributed by atoms with Crippen LogP contribution in [0.3, 0.4) is 0 Å². The number of aliphatic hydroxyl groups excluding tert-OH is 1. The van der Waals surface area contributed by atoms with Gasteiger partial charge in [0.05, 0.1) is 7.11 Å². The van der Waals surface area contributed by atoms with Crippen molar-refractivity contribution >= 4 is 23.5 Å². The van der Waals surface area contributed by atoms with Crippen molar-refractivity contribution in [1.29, 1.82) is 0 Å². The summed E-state index contributed by atoms with van der Waals surface area (Å²) >= 11 is 0. The molecule has 4 aromatic rings. The van der Waals surface area contributed by atoms with Crippen molar-refractivity contribution in [3.05, 3.63) is 99.8 Å². The molecule has 4 N–H and O–H groups in total. The fraction of sp³-hybridized carbons (Fsp3) is 0.385. The van der Waals surface area contributed by atoms with Crippen LogP contribution in [0.2, 0.25) is 0 Å². The van der Waals surface area contributed by atoms with Gasteiger partial charge in [0.25, 0.3) is 0 Å². The van der Waals surface area contributed by atoms with E-state index >= 15 is 0 Å². The van der Waals surface area contributed by atoms with Crippen LogP contribution in [0.1, 0.15) is 83.7 Å². The fourth-order valence-corrected chi connectivity index (χ4v) is 7.62. The standard InChI is InChI=1S/C39H42N4O7/c1-18(2)29-36-42-31(37(47)48-7)33(50-36)39-24-13-9-12-23(28-20(5)10-8-11-21(28)6)30(24)43-38(39)49-27-15-14-22(16-25(27)39)17-26(34(45)41-29)40-35(46)32(44)19(3)4/h8-16,18-19,26,29,32,38,43-44H,17H2,1-7H3,(H,40,46)(H,41,45)/t26-,29-,32-,38?,39-/m0/s1. The van der Waals surface area contributed by atoms with E-state index in [9.17, 15) is 19.5 Å². The summed E-state index contributed by atoms with van der Waals surface area (Å²) < 4.78 is 18.7. The summed E-state index contributed by atoms with van der Waals surface area (Å²) in [4.78, 5) is 45.4. The van der Waals surface area contributed by atoms with Crippen molar-refractivity contribution in [2.75, 3.05) is 12.4 Å². The Morgan fingerprint density at radius 1 is 1.02 bits per heavy atom. The number of carbonyl (C=O) groups is 3. The number of methoxy groups -OCH3 is 1. The van der Waals surface area contributed by atoms with Crippen LogP contribution in [0.4, 0.5) is 5.69 Å². The molecule has 7 rings (SSSR count). The van der Waals surface area contributed by atoms with E-state index < -0.39 is 47.6 Å². The molecule has 4 bridgehead atoms. The van der Waals surface area contributed by atoms with Crippen LogP contribution in [0.25, 0.3) is 11.1 Å². The summed E-state index contributed by atoms with van der Waals surface area (Å²) in [5, 5.41) is 20.0. The van der Waals surface area contributed by atoms with Crippen molar-refractivity contribution in [3.63, 3.8) is 0 Å². The van der Waals surface area contributed by atoms with Gasteiger partial charge in [-0.1, -0.05) is 76.2 Å². The third kappa shape index (κ3) is 5.05. The maximum absolute atomic E-state index is 14.0. The van der Waals surface area contributed by atoms with E-state index in [1.165, 1.54) is 7.11 Å². The number of esters is 1. The lowest BCUT2D eigenvalue weighted by Gasteiger charge is -2.29. The van der Waals surface area contributed by atoms with Gasteiger partial charge in [0.1, 0.15) is 29.4 Å². The maximum Gasteiger partial charge on any atom is 0.360 e. The molecule has 1 aromatic heterocycles. The quantitative estimate of drug-likeness (QED) is 0.204. The van der Waals surface area contributed by atoms with E-state index in [0.717, 1.165) is 39.1 Å². The number of fused-ring (bicyclic) bond motifs is 4. The first-order valence-corrected chi connectivity index (χ1v) is 17.0. The number of nitrogens with zero attached hydrogens (tertiary/aromatic N) is 1. The number of anilines is 1. The lowest BCUT2D eigenvalue weighted by atomic mass is 9.72. The van der Waals surface area contributed by atoms with Gasteiger partial charge in [-0.05, 0) is 54.0 Å². The van der Waals surface area contributed by atoms with Gasteiger partial charge in [-0.2, -0.15) is 0 Å². The average molecular weight is 679 g/mol. The topological polar surface area (TPSA) is 152 Å². The minimum absolute atomic E-state index is 0.0227. The molecule has 11 heteroatoms. The third-order valence-electron chi connectivity index (χ3n) is 10.2. The van der Waals surface area contributed by atoms with Crippen molar-refractivity contribution in [1.82, 2.24) is 15.6 Å². The second-order valence-corrected chi connectivity index (χ2v) is 14.2. The van der Waals surface area contributed by atoms with Crippen LogP contribution in [-0.2, 0) is 26.2 Å². The molecule has 0 saturated carbocycles. The predicted molar refractivity (Wildman–Crippen MR) is 186 cm³/mol. The van der Waals surface area contributed by atoms with Gasteiger partial charge in [0.2, 0.25) is 17.7 Å². The van der Waals surface area contributed by atoms with E-state index in [1.807, 2.05) is 50.2 Å². The SMILES string of the molecule is COC(=O)c1nc2oc1[C@]13c4cc(ccc4OC1Nc1c(-c4c(C)cccc4C)cccc13)C[C@H](NC(=O)[C@@H](O)C(C)C)C(=O)N[C@H]2C(C)C. The normalized spacial score (nSPS) is 22.4. The first-order valence-electron chi connectivity index (χ1n) is 17.0. The summed E-state index contributed by atoms with van der Waals surface area (Å²) in [5.41, 5.74) is 6.19. The van der Waals surface area contributed by atoms with Gasteiger partial charge in [-0.15, -0.1) is 0 Å². The molecule has 260 valence electrons. The summed E-state index contributed by atoms with van der Waals surface area (Å²) in [6.07, 6.45) is -1.91. The van der Waals surface area contributed by atoms with Gasteiger partial charge in [0, 0.05) is 28.8 Å². The van der Waals surface area contributed by atoms with Crippen LogP contribution in [-0.4, -0.2) is 53.4 Å². The van der Waals surface area contributed by atoms with Crippen LogP contribution in [0.15, 0.2) is 59.0 Å². The Hall–Kier alpha value is -5.16. The van der Waals surface area contributed by atoms with Gasteiger partial charge < -0.3 is 34.9 Å². The van der Waals surface area contributed by atoms with Crippen LogP contribution < -0.4 is 20.7 Å². The smallest absolute Gasteiger partial charge is 0.360 e. The molecule has 3 aliphatic heterocycles. The highest BCUT2D eigenvalue weighted by atomic mass is 16.5. The molecule has 5 atom stereocenters. The molecule has 0 aliphatic carbocycles. The van der Waals surface area contributed by atoms with E-state index in [4.69, 9.17) is 18.9 Å². The Balaban J connectivity index is 1.50. The van der Waals surface area contributed by atoms with E-state index in [0.29, 0.717) is 11.3 Å². The number of hydrogen-bond acceptors (Lipinski definition) is 9. The number of aryl methyl sites for hydroxylation is 2. The number of aliphatic hydroxyl groups is 1. The second kappa shape index (κ2) is 12.3. The molecule has 3 aliphatic rings.